The largest absolute Gasteiger partial charge is 0.478 e. The molecule has 2 rings (SSSR count). The highest BCUT2D eigenvalue weighted by molar-refractivity contribution is 5.96. The molecule has 4 heteroatoms. The van der Waals surface area contributed by atoms with Crippen LogP contribution in [0.1, 0.15) is 38.3 Å². The molecule has 0 saturated carbocycles. The summed E-state index contributed by atoms with van der Waals surface area (Å²) in [6, 6.07) is 2.11. The molecule has 0 saturated heterocycles. The fraction of sp³-hybridized carbons (Fsp3) is 0.312. The Labute approximate surface area is 118 Å². The number of aryl methyl sites for hydroxylation is 3. The first-order chi connectivity index (χ1) is 9.34. The first kappa shape index (κ1) is 14.2. The summed E-state index contributed by atoms with van der Waals surface area (Å²) in [5.41, 5.74) is 6.48. The zero-order chi connectivity index (χ0) is 15.0. The highest BCUT2D eigenvalue weighted by Crippen LogP contribution is 2.32. The van der Waals surface area contributed by atoms with Gasteiger partial charge in [-0.05, 0) is 56.9 Å². The second-order valence-electron chi connectivity index (χ2n) is 5.12. The van der Waals surface area contributed by atoms with Gasteiger partial charge in [0.1, 0.15) is 11.9 Å². The number of hydrogen-bond acceptors (Lipinski definition) is 3. The van der Waals surface area contributed by atoms with E-state index in [0.717, 1.165) is 27.8 Å². The van der Waals surface area contributed by atoms with Crippen LogP contribution in [0.5, 0.6) is 0 Å². The topological polar surface area (TPSA) is 63.1 Å². The highest BCUT2D eigenvalue weighted by Gasteiger charge is 2.21. The van der Waals surface area contributed by atoms with Gasteiger partial charge in [0.2, 0.25) is 0 Å². The summed E-state index contributed by atoms with van der Waals surface area (Å²) in [5, 5.41) is 9.45. The van der Waals surface area contributed by atoms with Crippen LogP contribution in [0.4, 0.5) is 0 Å². The molecular weight excluding hydrogens is 252 g/mol. The number of carboxylic acid groups (broad SMARTS) is 1. The molecule has 2 aromatic rings. The third-order valence-corrected chi connectivity index (χ3v) is 3.85. The molecule has 0 aliphatic heterocycles. The van der Waals surface area contributed by atoms with E-state index in [0.29, 0.717) is 11.4 Å². The van der Waals surface area contributed by atoms with Gasteiger partial charge < -0.3 is 5.11 Å². The van der Waals surface area contributed by atoms with E-state index >= 15 is 0 Å². The van der Waals surface area contributed by atoms with Crippen molar-refractivity contribution in [2.24, 2.45) is 0 Å². The minimum absolute atomic E-state index is 0.184. The van der Waals surface area contributed by atoms with E-state index in [-0.39, 0.29) is 5.56 Å². The second-order valence-corrected chi connectivity index (χ2v) is 5.12. The zero-order valence-corrected chi connectivity index (χ0v) is 12.4. The van der Waals surface area contributed by atoms with Gasteiger partial charge in [-0.15, -0.1) is 0 Å². The smallest absolute Gasteiger partial charge is 0.339 e. The molecule has 0 amide bonds. The Balaban J connectivity index is 2.89. The number of aromatic nitrogens is 2. The molecule has 1 aromatic heterocycles. The van der Waals surface area contributed by atoms with E-state index in [9.17, 15) is 9.90 Å². The van der Waals surface area contributed by atoms with Crippen molar-refractivity contribution in [1.29, 1.82) is 0 Å². The molecule has 1 N–H and O–H groups in total. The molecule has 4 nitrogen and oxygen atoms in total. The van der Waals surface area contributed by atoms with Gasteiger partial charge in [0.05, 0.1) is 11.4 Å². The molecule has 1 aromatic carbocycles. The normalized spacial score (nSPS) is 10.7. The summed E-state index contributed by atoms with van der Waals surface area (Å²) in [6.45, 7) is 9.75. The van der Waals surface area contributed by atoms with E-state index in [1.165, 1.54) is 6.33 Å². The van der Waals surface area contributed by atoms with Crippen molar-refractivity contribution in [3.05, 3.63) is 45.9 Å². The lowest BCUT2D eigenvalue weighted by Crippen LogP contribution is -2.08. The van der Waals surface area contributed by atoms with Crippen LogP contribution in [0, 0.1) is 34.6 Å². The summed E-state index contributed by atoms with van der Waals surface area (Å²) in [6.07, 6.45) is 1.42. The van der Waals surface area contributed by atoms with Gasteiger partial charge in [-0.3, -0.25) is 0 Å². The monoisotopic (exact) mass is 270 g/mol. The van der Waals surface area contributed by atoms with Crippen molar-refractivity contribution in [1.82, 2.24) is 9.97 Å². The molecule has 0 aliphatic carbocycles. The van der Waals surface area contributed by atoms with Gasteiger partial charge in [0.15, 0.2) is 0 Å². The van der Waals surface area contributed by atoms with Crippen molar-refractivity contribution in [3.8, 4) is 11.3 Å². The third-order valence-electron chi connectivity index (χ3n) is 3.85. The van der Waals surface area contributed by atoms with Crippen LogP contribution in [0.3, 0.4) is 0 Å². The number of rotatable bonds is 2. The molecule has 0 unspecified atom stereocenters. The van der Waals surface area contributed by atoms with Crippen molar-refractivity contribution < 1.29 is 9.90 Å². The Hall–Kier alpha value is -2.23. The molecule has 0 aliphatic rings. The van der Waals surface area contributed by atoms with Crippen LogP contribution < -0.4 is 0 Å². The molecule has 0 radical (unpaired) electrons. The van der Waals surface area contributed by atoms with Crippen molar-refractivity contribution in [2.45, 2.75) is 34.6 Å². The summed E-state index contributed by atoms with van der Waals surface area (Å²) in [4.78, 5) is 19.8. The number of carbonyl (C=O) groups is 1. The molecular formula is C16H18N2O2. The summed E-state index contributed by atoms with van der Waals surface area (Å²) in [7, 11) is 0. The molecule has 20 heavy (non-hydrogen) atoms. The van der Waals surface area contributed by atoms with E-state index in [4.69, 9.17) is 0 Å². The quantitative estimate of drug-likeness (QED) is 0.908. The van der Waals surface area contributed by atoms with Gasteiger partial charge in [-0.25, -0.2) is 14.8 Å². The predicted molar refractivity (Wildman–Crippen MR) is 78.1 cm³/mol. The fourth-order valence-electron chi connectivity index (χ4n) is 2.49. The number of aromatic carboxylic acids is 1. The minimum Gasteiger partial charge on any atom is -0.478 e. The summed E-state index contributed by atoms with van der Waals surface area (Å²) in [5.74, 6) is -0.990. The maximum atomic E-state index is 11.5. The first-order valence-electron chi connectivity index (χ1n) is 6.47. The lowest BCUT2D eigenvalue weighted by Gasteiger charge is -2.16. The van der Waals surface area contributed by atoms with Gasteiger partial charge in [-0.2, -0.15) is 0 Å². The van der Waals surface area contributed by atoms with E-state index in [1.54, 1.807) is 6.92 Å². The van der Waals surface area contributed by atoms with Crippen LogP contribution in [0.25, 0.3) is 11.3 Å². The third kappa shape index (κ3) is 2.18. The molecule has 104 valence electrons. The SMILES string of the molecule is Cc1cc(C)c(C)c(-c2ncnc(C)c2C(=O)O)c1C. The number of benzene rings is 1. The van der Waals surface area contributed by atoms with Crippen LogP contribution >= 0.6 is 0 Å². The Bertz CT molecular complexity index is 680. The fourth-order valence-corrected chi connectivity index (χ4v) is 2.49. The average molecular weight is 270 g/mol. The molecule has 0 fully saturated rings. The van der Waals surface area contributed by atoms with E-state index < -0.39 is 5.97 Å². The highest BCUT2D eigenvalue weighted by atomic mass is 16.4. The Morgan fingerprint density at radius 2 is 1.55 bits per heavy atom. The van der Waals surface area contributed by atoms with E-state index in [2.05, 4.69) is 16.0 Å². The van der Waals surface area contributed by atoms with Gasteiger partial charge in [-0.1, -0.05) is 6.07 Å². The zero-order valence-electron chi connectivity index (χ0n) is 12.4. The Kier molecular flexibility index (Phi) is 3.57. The Morgan fingerprint density at radius 1 is 1.00 bits per heavy atom. The van der Waals surface area contributed by atoms with Crippen LogP contribution in [0.15, 0.2) is 12.4 Å². The van der Waals surface area contributed by atoms with Crippen LogP contribution in [0.2, 0.25) is 0 Å². The molecule has 1 heterocycles. The number of carboxylic acids is 1. The molecule has 0 spiro atoms. The van der Waals surface area contributed by atoms with Gasteiger partial charge in [0.25, 0.3) is 0 Å². The van der Waals surface area contributed by atoms with E-state index in [1.807, 2.05) is 27.7 Å². The molecule has 0 bridgehead atoms. The van der Waals surface area contributed by atoms with Crippen LogP contribution in [-0.2, 0) is 0 Å². The maximum Gasteiger partial charge on any atom is 0.339 e. The van der Waals surface area contributed by atoms with Gasteiger partial charge in [0, 0.05) is 5.56 Å². The van der Waals surface area contributed by atoms with Gasteiger partial charge >= 0.3 is 5.97 Å². The van der Waals surface area contributed by atoms with Crippen molar-refractivity contribution >= 4 is 5.97 Å². The first-order valence-corrected chi connectivity index (χ1v) is 6.47. The lowest BCUT2D eigenvalue weighted by atomic mass is 9.90. The lowest BCUT2D eigenvalue weighted by molar-refractivity contribution is 0.0696. The number of nitrogens with zero attached hydrogens (tertiary/aromatic N) is 2. The number of hydrogen-bond donors (Lipinski definition) is 1. The maximum absolute atomic E-state index is 11.5. The molecule has 0 atom stereocenters. The van der Waals surface area contributed by atoms with Crippen molar-refractivity contribution in [2.75, 3.05) is 0 Å². The predicted octanol–water partition coefficient (Wildman–Crippen LogP) is 3.38. The minimum atomic E-state index is -0.990. The standard InChI is InChI=1S/C16H18N2O2/c1-8-6-9(2)11(4)13(10(8)3)15-14(16(19)20)12(5)17-7-18-15/h6-7H,1-5H3,(H,19,20). The van der Waals surface area contributed by atoms with Crippen LogP contribution in [-0.4, -0.2) is 21.0 Å². The second kappa shape index (κ2) is 5.04. The van der Waals surface area contributed by atoms with Crippen molar-refractivity contribution in [3.63, 3.8) is 0 Å². The summed E-state index contributed by atoms with van der Waals surface area (Å²) < 4.78 is 0. The average Bonchev–Trinajstić information content (AvgIpc) is 2.36. The summed E-state index contributed by atoms with van der Waals surface area (Å²) >= 11 is 0. The Morgan fingerprint density at radius 3 is 2.05 bits per heavy atom.